The Kier molecular flexibility index (Phi) is 4.71. The van der Waals surface area contributed by atoms with Crippen LogP contribution in [0.2, 0.25) is 0 Å². The molecule has 0 aromatic rings. The molecular weight excluding hydrogens is 304 g/mol. The van der Waals surface area contributed by atoms with Crippen LogP contribution in [-0.4, -0.2) is 80.9 Å². The van der Waals surface area contributed by atoms with Gasteiger partial charge in [-0.2, -0.15) is 12.6 Å². The van der Waals surface area contributed by atoms with Crippen molar-refractivity contribution < 1.29 is 34.4 Å². The molecule has 10 heteroatoms. The Hall–Kier alpha value is -1.36. The summed E-state index contributed by atoms with van der Waals surface area (Å²) in [4.78, 5) is 35.4. The van der Waals surface area contributed by atoms with Crippen molar-refractivity contribution in [3.8, 4) is 0 Å². The van der Waals surface area contributed by atoms with E-state index in [1.807, 2.05) is 0 Å². The van der Waals surface area contributed by atoms with Gasteiger partial charge in [0.1, 0.15) is 31.1 Å². The Balaban J connectivity index is 2.15. The van der Waals surface area contributed by atoms with Gasteiger partial charge in [-0.25, -0.2) is 0 Å². The highest BCUT2D eigenvalue weighted by molar-refractivity contribution is 7.80. The predicted octanol–water partition coefficient (Wildman–Crippen LogP) is -3.40. The highest BCUT2D eigenvalue weighted by Gasteiger charge is 2.55. The van der Waals surface area contributed by atoms with Crippen molar-refractivity contribution in [3.05, 3.63) is 0 Å². The van der Waals surface area contributed by atoms with Gasteiger partial charge in [0, 0.05) is 5.75 Å². The molecular formula is C11H16N2O7S. The van der Waals surface area contributed by atoms with Crippen molar-refractivity contribution in [2.75, 3.05) is 12.4 Å². The highest BCUT2D eigenvalue weighted by atomic mass is 32.1. The molecule has 118 valence electrons. The SMILES string of the molecule is O=C(CCS)OC[C@@H]1[C@@H](O)[C@H](O)[C@H](O)[C@H]2NC(=O)C(=O)N12. The van der Waals surface area contributed by atoms with E-state index in [9.17, 15) is 29.7 Å². The zero-order chi connectivity index (χ0) is 15.7. The monoisotopic (exact) mass is 320 g/mol. The summed E-state index contributed by atoms with van der Waals surface area (Å²) in [5.41, 5.74) is 0. The third kappa shape index (κ3) is 2.84. The number of amides is 2. The predicted molar refractivity (Wildman–Crippen MR) is 70.0 cm³/mol. The molecule has 2 heterocycles. The summed E-state index contributed by atoms with van der Waals surface area (Å²) in [7, 11) is 0. The number of hydrogen-bond acceptors (Lipinski definition) is 8. The van der Waals surface area contributed by atoms with Crippen LogP contribution in [0, 0.1) is 0 Å². The van der Waals surface area contributed by atoms with E-state index < -0.39 is 54.9 Å². The molecule has 0 radical (unpaired) electrons. The zero-order valence-electron chi connectivity index (χ0n) is 10.9. The molecule has 0 spiro atoms. The van der Waals surface area contributed by atoms with Crippen molar-refractivity contribution in [1.82, 2.24) is 10.2 Å². The van der Waals surface area contributed by atoms with E-state index in [1.165, 1.54) is 0 Å². The minimum atomic E-state index is -1.58. The van der Waals surface area contributed by atoms with Crippen LogP contribution in [0.4, 0.5) is 0 Å². The number of carbonyl (C=O) groups excluding carboxylic acids is 3. The highest BCUT2D eigenvalue weighted by Crippen LogP contribution is 2.27. The fourth-order valence-electron chi connectivity index (χ4n) is 2.42. The van der Waals surface area contributed by atoms with Gasteiger partial charge < -0.3 is 30.3 Å². The first kappa shape index (κ1) is 16.0. The number of aliphatic hydroxyl groups excluding tert-OH is 3. The largest absolute Gasteiger partial charge is 0.463 e. The fourth-order valence-corrected chi connectivity index (χ4v) is 2.60. The molecule has 2 saturated heterocycles. The summed E-state index contributed by atoms with van der Waals surface area (Å²) >= 11 is 3.87. The molecule has 2 fully saturated rings. The molecule has 0 bridgehead atoms. The molecule has 0 saturated carbocycles. The number of thiol groups is 1. The van der Waals surface area contributed by atoms with Crippen molar-refractivity contribution in [1.29, 1.82) is 0 Å². The molecule has 2 rings (SSSR count). The van der Waals surface area contributed by atoms with E-state index >= 15 is 0 Å². The standard InChI is InChI=1S/C11H16N2O7S/c14-5(1-2-21)20-3-4-6(15)7(16)8(17)9-12-10(18)11(19)13(4)9/h4,6-9,15-17,21H,1-3H2,(H,12,18)/t4-,6-,7+,8+,9+/m1/s1. The second kappa shape index (κ2) is 6.18. The van der Waals surface area contributed by atoms with Gasteiger partial charge in [-0.05, 0) is 0 Å². The molecule has 5 atom stereocenters. The number of fused-ring (bicyclic) bond motifs is 1. The molecule has 4 N–H and O–H groups in total. The van der Waals surface area contributed by atoms with Crippen molar-refractivity contribution >= 4 is 30.4 Å². The van der Waals surface area contributed by atoms with Crippen LogP contribution in [-0.2, 0) is 19.1 Å². The first-order valence-corrected chi connectivity index (χ1v) is 6.95. The van der Waals surface area contributed by atoms with Crippen LogP contribution in [0.1, 0.15) is 6.42 Å². The van der Waals surface area contributed by atoms with E-state index in [0.29, 0.717) is 0 Å². The smallest absolute Gasteiger partial charge is 0.314 e. The minimum Gasteiger partial charge on any atom is -0.463 e. The Labute approximate surface area is 125 Å². The van der Waals surface area contributed by atoms with Gasteiger partial charge in [0.05, 0.1) is 12.5 Å². The maximum absolute atomic E-state index is 11.8. The lowest BCUT2D eigenvalue weighted by Crippen LogP contribution is -2.68. The van der Waals surface area contributed by atoms with Crippen LogP contribution in [0.5, 0.6) is 0 Å². The number of piperidine rings is 1. The summed E-state index contributed by atoms with van der Waals surface area (Å²) in [5.74, 6) is -2.22. The summed E-state index contributed by atoms with van der Waals surface area (Å²) in [5, 5.41) is 31.7. The lowest BCUT2D eigenvalue weighted by atomic mass is 9.92. The number of nitrogens with zero attached hydrogens (tertiary/aromatic N) is 1. The summed E-state index contributed by atoms with van der Waals surface area (Å²) in [6.45, 7) is -0.394. The van der Waals surface area contributed by atoms with Crippen molar-refractivity contribution in [2.24, 2.45) is 0 Å². The third-order valence-corrected chi connectivity index (χ3v) is 3.74. The van der Waals surface area contributed by atoms with Crippen LogP contribution in [0.15, 0.2) is 0 Å². The van der Waals surface area contributed by atoms with E-state index in [2.05, 4.69) is 17.9 Å². The number of ether oxygens (including phenoxy) is 1. The molecule has 2 amide bonds. The number of aliphatic hydroxyl groups is 3. The Morgan fingerprint density at radius 1 is 1.24 bits per heavy atom. The van der Waals surface area contributed by atoms with Gasteiger partial charge in [-0.1, -0.05) is 0 Å². The van der Waals surface area contributed by atoms with Gasteiger partial charge >= 0.3 is 17.8 Å². The van der Waals surface area contributed by atoms with Crippen molar-refractivity contribution in [2.45, 2.75) is 36.9 Å². The van der Waals surface area contributed by atoms with Crippen LogP contribution in [0.3, 0.4) is 0 Å². The Morgan fingerprint density at radius 2 is 1.90 bits per heavy atom. The topological polar surface area (TPSA) is 136 Å². The van der Waals surface area contributed by atoms with Crippen LogP contribution < -0.4 is 5.32 Å². The first-order valence-electron chi connectivity index (χ1n) is 6.32. The van der Waals surface area contributed by atoms with Crippen LogP contribution >= 0.6 is 12.6 Å². The van der Waals surface area contributed by atoms with Gasteiger partial charge in [0.15, 0.2) is 0 Å². The third-order valence-electron chi connectivity index (χ3n) is 3.51. The Morgan fingerprint density at radius 3 is 2.52 bits per heavy atom. The first-order chi connectivity index (χ1) is 9.88. The quantitative estimate of drug-likeness (QED) is 0.207. The maximum atomic E-state index is 11.8. The summed E-state index contributed by atoms with van der Waals surface area (Å²) in [6.07, 6.45) is -5.76. The van der Waals surface area contributed by atoms with Gasteiger partial charge in [-0.15, -0.1) is 0 Å². The molecule has 9 nitrogen and oxygen atoms in total. The number of esters is 1. The summed E-state index contributed by atoms with van der Waals surface area (Å²) < 4.78 is 4.89. The zero-order valence-corrected chi connectivity index (χ0v) is 11.8. The molecule has 2 aliphatic heterocycles. The molecule has 0 aromatic heterocycles. The van der Waals surface area contributed by atoms with E-state index in [1.54, 1.807) is 0 Å². The van der Waals surface area contributed by atoms with Gasteiger partial charge in [0.25, 0.3) is 0 Å². The average Bonchev–Trinajstić information content (AvgIpc) is 2.73. The van der Waals surface area contributed by atoms with E-state index in [4.69, 9.17) is 4.74 Å². The number of rotatable bonds is 4. The van der Waals surface area contributed by atoms with E-state index in [0.717, 1.165) is 4.90 Å². The van der Waals surface area contributed by atoms with Gasteiger partial charge in [-0.3, -0.25) is 14.4 Å². The number of nitrogens with one attached hydrogen (secondary N) is 1. The normalized spacial score (nSPS) is 35.4. The molecule has 0 aromatic carbocycles. The summed E-state index contributed by atoms with van der Waals surface area (Å²) in [6, 6.07) is -1.12. The van der Waals surface area contributed by atoms with Crippen LogP contribution in [0.25, 0.3) is 0 Å². The average molecular weight is 320 g/mol. The molecule has 0 aliphatic carbocycles. The lowest BCUT2D eigenvalue weighted by molar-refractivity contribution is -0.181. The van der Waals surface area contributed by atoms with Gasteiger partial charge in [0.2, 0.25) is 0 Å². The molecule has 0 unspecified atom stereocenters. The minimum absolute atomic E-state index is 0.0473. The van der Waals surface area contributed by atoms with Crippen molar-refractivity contribution in [3.63, 3.8) is 0 Å². The number of hydrogen-bond donors (Lipinski definition) is 5. The molecule has 21 heavy (non-hydrogen) atoms. The Bertz CT molecular complexity index is 460. The van der Waals surface area contributed by atoms with E-state index in [-0.39, 0.29) is 12.2 Å². The maximum Gasteiger partial charge on any atom is 0.314 e. The number of carbonyl (C=O) groups is 3. The fraction of sp³-hybridized carbons (Fsp3) is 0.727. The second-order valence-electron chi connectivity index (χ2n) is 4.83. The lowest BCUT2D eigenvalue weighted by Gasteiger charge is -2.44. The second-order valence-corrected chi connectivity index (χ2v) is 5.27. The molecule has 2 aliphatic rings.